The van der Waals surface area contributed by atoms with E-state index in [1.807, 2.05) is 30.3 Å². The third kappa shape index (κ3) is 1.55. The van der Waals surface area contributed by atoms with Gasteiger partial charge >= 0.3 is 0 Å². The summed E-state index contributed by atoms with van der Waals surface area (Å²) >= 11 is 5.78. The van der Waals surface area contributed by atoms with Crippen LogP contribution in [0, 0.1) is 0 Å². The molecule has 12 heavy (non-hydrogen) atoms. The van der Waals surface area contributed by atoms with E-state index in [0.717, 1.165) is 15.9 Å². The van der Waals surface area contributed by atoms with Crippen molar-refractivity contribution in [1.29, 1.82) is 0 Å². The minimum absolute atomic E-state index is 0. The fourth-order valence-corrected chi connectivity index (χ4v) is 1.21. The molecule has 59 valence electrons. The van der Waals surface area contributed by atoms with Gasteiger partial charge < -0.3 is 0 Å². The summed E-state index contributed by atoms with van der Waals surface area (Å²) in [5, 5.41) is 1.85. The minimum Gasteiger partial charge on any atom is -0.256 e. The van der Waals surface area contributed by atoms with Crippen LogP contribution in [0.5, 0.6) is 0 Å². The van der Waals surface area contributed by atoms with Crippen molar-refractivity contribution in [2.24, 2.45) is 0 Å². The predicted molar refractivity (Wildman–Crippen MR) is 48.9 cm³/mol. The highest BCUT2D eigenvalue weighted by molar-refractivity contribution is 6.31. The van der Waals surface area contributed by atoms with E-state index in [0.29, 0.717) is 0 Å². The normalized spacial score (nSPS) is 9.42. The Balaban J connectivity index is 0.000000720. The monoisotopic (exact) mass is 177 g/mol. The van der Waals surface area contributed by atoms with Gasteiger partial charge in [0, 0.05) is 22.8 Å². The summed E-state index contributed by atoms with van der Waals surface area (Å²) in [6.07, 6.45) is 1.76. The molecule has 0 bridgehead atoms. The molecule has 0 fully saturated rings. The van der Waals surface area contributed by atoms with Crippen molar-refractivity contribution in [2.75, 3.05) is 0 Å². The standard InChI is InChI=1S/C9H6ClN.N/c10-8-4-3-7-2-1-5-11-9(7)6-8;/h1-6H;. The Kier molecular flexibility index (Phi) is 2.63. The van der Waals surface area contributed by atoms with Crippen LogP contribution in [0.2, 0.25) is 5.02 Å². The summed E-state index contributed by atoms with van der Waals surface area (Å²) in [7, 11) is 0. The van der Waals surface area contributed by atoms with Crippen LogP contribution in [-0.4, -0.2) is 4.98 Å². The van der Waals surface area contributed by atoms with Crippen LogP contribution >= 0.6 is 11.6 Å². The summed E-state index contributed by atoms with van der Waals surface area (Å²) in [5.41, 5.74) is 0.944. The van der Waals surface area contributed by atoms with Crippen LogP contribution in [0.25, 0.3) is 10.9 Å². The van der Waals surface area contributed by atoms with Gasteiger partial charge in [-0.2, -0.15) is 0 Å². The van der Waals surface area contributed by atoms with E-state index >= 15 is 0 Å². The number of nitrogens with zero attached hydrogens (tertiary/aromatic N) is 2. The zero-order chi connectivity index (χ0) is 7.68. The number of fused-ring (bicyclic) bond motifs is 1. The molecule has 0 saturated carbocycles. The summed E-state index contributed by atoms with van der Waals surface area (Å²) < 4.78 is 0. The second-order valence-electron chi connectivity index (χ2n) is 2.34. The maximum atomic E-state index is 5.78. The first-order chi connectivity index (χ1) is 5.36. The Bertz CT molecular complexity index is 387. The molecule has 0 aliphatic heterocycles. The second-order valence-corrected chi connectivity index (χ2v) is 2.78. The van der Waals surface area contributed by atoms with Gasteiger partial charge in [0.2, 0.25) is 0 Å². The Labute approximate surface area is 75.8 Å². The molecule has 0 spiro atoms. The van der Waals surface area contributed by atoms with Gasteiger partial charge in [-0.1, -0.05) is 23.7 Å². The van der Waals surface area contributed by atoms with E-state index in [-0.39, 0.29) is 6.15 Å². The highest BCUT2D eigenvalue weighted by Crippen LogP contribution is 2.16. The topological polar surface area (TPSA) is 43.4 Å². The van der Waals surface area contributed by atoms with Gasteiger partial charge in [0.1, 0.15) is 0 Å². The van der Waals surface area contributed by atoms with E-state index in [4.69, 9.17) is 11.6 Å². The lowest BCUT2D eigenvalue weighted by Gasteiger charge is -1.94. The zero-order valence-electron chi connectivity index (χ0n) is 6.24. The van der Waals surface area contributed by atoms with E-state index in [9.17, 15) is 0 Å². The molecule has 0 aliphatic rings. The van der Waals surface area contributed by atoms with E-state index in [1.165, 1.54) is 0 Å². The molecule has 1 aromatic carbocycles. The lowest BCUT2D eigenvalue weighted by atomic mass is 10.2. The first kappa shape index (κ1) is 8.97. The SMILES string of the molecule is Clc1ccc2cccnc2c1.[N]. The molecule has 0 amide bonds. The van der Waals surface area contributed by atoms with E-state index in [2.05, 4.69) is 4.98 Å². The van der Waals surface area contributed by atoms with Gasteiger partial charge in [-0.05, 0) is 18.2 Å². The number of hydrogen-bond donors (Lipinski definition) is 0. The van der Waals surface area contributed by atoms with Gasteiger partial charge in [-0.25, -0.2) is 0 Å². The molecule has 0 saturated heterocycles. The van der Waals surface area contributed by atoms with Crippen molar-refractivity contribution in [3.05, 3.63) is 41.6 Å². The van der Waals surface area contributed by atoms with Crippen molar-refractivity contribution in [3.63, 3.8) is 0 Å². The average molecular weight is 178 g/mol. The Hall–Kier alpha value is -1.12. The summed E-state index contributed by atoms with van der Waals surface area (Å²) in [6.45, 7) is 0. The molecular formula is C9H6ClN2. The second kappa shape index (κ2) is 3.52. The van der Waals surface area contributed by atoms with Gasteiger partial charge in [-0.3, -0.25) is 4.98 Å². The number of aromatic nitrogens is 1. The van der Waals surface area contributed by atoms with Crippen molar-refractivity contribution in [2.45, 2.75) is 0 Å². The summed E-state index contributed by atoms with van der Waals surface area (Å²) in [6, 6.07) is 9.61. The molecular weight excluding hydrogens is 172 g/mol. The van der Waals surface area contributed by atoms with E-state index < -0.39 is 0 Å². The van der Waals surface area contributed by atoms with Crippen LogP contribution in [0.15, 0.2) is 36.5 Å². The predicted octanol–water partition coefficient (Wildman–Crippen LogP) is 2.41. The van der Waals surface area contributed by atoms with Crippen LogP contribution in [0.1, 0.15) is 0 Å². The molecule has 0 aliphatic carbocycles. The molecule has 2 aromatic rings. The fraction of sp³-hybridized carbons (Fsp3) is 0. The molecule has 1 aromatic heterocycles. The molecule has 0 N–H and O–H groups in total. The molecule has 2 nitrogen and oxygen atoms in total. The lowest BCUT2D eigenvalue weighted by Crippen LogP contribution is -1.75. The fourth-order valence-electron chi connectivity index (χ4n) is 1.04. The van der Waals surface area contributed by atoms with Crippen molar-refractivity contribution in [3.8, 4) is 0 Å². The number of rotatable bonds is 0. The number of benzene rings is 1. The first-order valence-corrected chi connectivity index (χ1v) is 3.74. The van der Waals surface area contributed by atoms with Crippen molar-refractivity contribution < 1.29 is 0 Å². The molecule has 1 heterocycles. The third-order valence-corrected chi connectivity index (χ3v) is 1.80. The van der Waals surface area contributed by atoms with E-state index in [1.54, 1.807) is 6.20 Å². The Morgan fingerprint density at radius 1 is 1.17 bits per heavy atom. The highest BCUT2D eigenvalue weighted by Gasteiger charge is 1.92. The highest BCUT2D eigenvalue weighted by atomic mass is 35.5. The lowest BCUT2D eigenvalue weighted by molar-refractivity contribution is 1.41. The summed E-state index contributed by atoms with van der Waals surface area (Å²) in [5.74, 6) is 0. The van der Waals surface area contributed by atoms with Crippen LogP contribution in [0.4, 0.5) is 0 Å². The Morgan fingerprint density at radius 3 is 2.83 bits per heavy atom. The number of halogens is 1. The van der Waals surface area contributed by atoms with Gasteiger partial charge in [0.05, 0.1) is 5.52 Å². The van der Waals surface area contributed by atoms with Gasteiger partial charge in [0.15, 0.2) is 0 Å². The maximum absolute atomic E-state index is 5.78. The van der Waals surface area contributed by atoms with Crippen LogP contribution in [0.3, 0.4) is 0 Å². The zero-order valence-corrected chi connectivity index (χ0v) is 6.99. The number of pyridine rings is 1. The minimum atomic E-state index is 0. The van der Waals surface area contributed by atoms with Gasteiger partial charge in [0.25, 0.3) is 0 Å². The number of hydrogen-bond acceptors (Lipinski definition) is 1. The van der Waals surface area contributed by atoms with Gasteiger partial charge in [-0.15, -0.1) is 0 Å². The van der Waals surface area contributed by atoms with Crippen molar-refractivity contribution >= 4 is 22.5 Å². The quantitative estimate of drug-likeness (QED) is 0.610. The van der Waals surface area contributed by atoms with Crippen molar-refractivity contribution in [1.82, 2.24) is 11.1 Å². The third-order valence-electron chi connectivity index (χ3n) is 1.57. The van der Waals surface area contributed by atoms with Crippen LogP contribution < -0.4 is 6.15 Å². The largest absolute Gasteiger partial charge is 0.256 e. The Morgan fingerprint density at radius 2 is 2.00 bits per heavy atom. The molecule has 3 radical (unpaired) electrons. The molecule has 0 atom stereocenters. The first-order valence-electron chi connectivity index (χ1n) is 3.36. The van der Waals surface area contributed by atoms with Crippen LogP contribution in [-0.2, 0) is 0 Å². The maximum Gasteiger partial charge on any atom is 0.0716 e. The molecule has 0 unspecified atom stereocenters. The smallest absolute Gasteiger partial charge is 0.0716 e. The summed E-state index contributed by atoms with van der Waals surface area (Å²) in [4.78, 5) is 4.16. The molecule has 2 rings (SSSR count). The molecule has 3 heteroatoms. The average Bonchev–Trinajstić information content (AvgIpc) is 2.04.